The van der Waals surface area contributed by atoms with Crippen LogP contribution in [0.2, 0.25) is 0 Å². The quantitative estimate of drug-likeness (QED) is 0.902. The highest BCUT2D eigenvalue weighted by Crippen LogP contribution is 2.18. The van der Waals surface area contributed by atoms with E-state index in [4.69, 9.17) is 4.42 Å². The number of carbonyl (C=O) groups is 1. The number of amides is 1. The second kappa shape index (κ2) is 5.82. The van der Waals surface area contributed by atoms with Gasteiger partial charge in [0, 0.05) is 4.88 Å². The molecule has 2 heterocycles. The lowest BCUT2D eigenvalue weighted by Crippen LogP contribution is -2.24. The van der Waals surface area contributed by atoms with Crippen molar-refractivity contribution in [3.05, 3.63) is 39.7 Å². The molecule has 0 aliphatic heterocycles. The second-order valence-corrected chi connectivity index (χ2v) is 5.28. The Morgan fingerprint density at radius 3 is 3.00 bits per heavy atom. The van der Waals surface area contributed by atoms with Gasteiger partial charge in [0.1, 0.15) is 10.8 Å². The summed E-state index contributed by atoms with van der Waals surface area (Å²) in [5, 5.41) is 3.69. The zero-order valence-electron chi connectivity index (χ0n) is 10.5. The van der Waals surface area contributed by atoms with Crippen LogP contribution in [0.4, 0.5) is 0 Å². The van der Waals surface area contributed by atoms with E-state index in [1.807, 2.05) is 13.0 Å². The predicted octanol–water partition coefficient (Wildman–Crippen LogP) is 2.47. The molecule has 0 atom stereocenters. The topological polar surface area (TPSA) is 55.1 Å². The van der Waals surface area contributed by atoms with Crippen LogP contribution in [0.1, 0.15) is 28.3 Å². The van der Waals surface area contributed by atoms with E-state index in [1.54, 1.807) is 23.7 Å². The standard InChI is InChI=1S/C13H16N2O2S/c1-3-11-9(2)18-13(15-11)7-12(16)14-8-10-5-4-6-17-10/h4-6H,3,7-8H2,1-2H3,(H,14,16). The van der Waals surface area contributed by atoms with Crippen LogP contribution in [-0.4, -0.2) is 10.9 Å². The first kappa shape index (κ1) is 12.8. The number of hydrogen-bond acceptors (Lipinski definition) is 4. The molecule has 2 rings (SSSR count). The summed E-state index contributed by atoms with van der Waals surface area (Å²) in [5.41, 5.74) is 1.09. The van der Waals surface area contributed by atoms with E-state index in [0.29, 0.717) is 13.0 Å². The Kier molecular flexibility index (Phi) is 4.15. The number of nitrogens with one attached hydrogen (secondary N) is 1. The lowest BCUT2D eigenvalue weighted by atomic mass is 10.3. The van der Waals surface area contributed by atoms with Gasteiger partial charge in [-0.25, -0.2) is 4.98 Å². The van der Waals surface area contributed by atoms with E-state index < -0.39 is 0 Å². The van der Waals surface area contributed by atoms with Gasteiger partial charge in [-0.3, -0.25) is 4.79 Å². The third-order valence-electron chi connectivity index (χ3n) is 2.62. The molecule has 0 saturated carbocycles. The molecule has 0 aromatic carbocycles. The normalized spacial score (nSPS) is 10.6. The number of carbonyl (C=O) groups excluding carboxylic acids is 1. The maximum absolute atomic E-state index is 11.7. The van der Waals surface area contributed by atoms with E-state index in [-0.39, 0.29) is 5.91 Å². The average Bonchev–Trinajstić information content (AvgIpc) is 2.96. The first-order valence-corrected chi connectivity index (χ1v) is 6.75. The fraction of sp³-hybridized carbons (Fsp3) is 0.385. The third kappa shape index (κ3) is 3.20. The van der Waals surface area contributed by atoms with Crippen LogP contribution in [0, 0.1) is 6.92 Å². The van der Waals surface area contributed by atoms with Crippen LogP contribution in [0.5, 0.6) is 0 Å². The minimum atomic E-state index is -0.0252. The van der Waals surface area contributed by atoms with Crippen LogP contribution < -0.4 is 5.32 Å². The summed E-state index contributed by atoms with van der Waals surface area (Å²) < 4.78 is 5.15. The maximum atomic E-state index is 11.7. The zero-order chi connectivity index (χ0) is 13.0. The lowest BCUT2D eigenvalue weighted by Gasteiger charge is -2.00. The molecule has 1 N–H and O–H groups in total. The molecule has 0 bridgehead atoms. The van der Waals surface area contributed by atoms with Crippen molar-refractivity contribution in [2.24, 2.45) is 0 Å². The molecule has 96 valence electrons. The van der Waals surface area contributed by atoms with Gasteiger partial charge in [-0.1, -0.05) is 6.92 Å². The Labute approximate surface area is 110 Å². The largest absolute Gasteiger partial charge is 0.467 e. The Balaban J connectivity index is 1.86. The van der Waals surface area contributed by atoms with E-state index in [2.05, 4.69) is 17.2 Å². The van der Waals surface area contributed by atoms with Crippen LogP contribution in [0.3, 0.4) is 0 Å². The summed E-state index contributed by atoms with van der Waals surface area (Å²) in [7, 11) is 0. The van der Waals surface area contributed by atoms with Gasteiger partial charge in [-0.05, 0) is 25.5 Å². The molecule has 0 saturated heterocycles. The fourth-order valence-corrected chi connectivity index (χ4v) is 2.71. The van der Waals surface area contributed by atoms with Crippen LogP contribution >= 0.6 is 11.3 Å². The molecule has 0 aliphatic rings. The van der Waals surface area contributed by atoms with Crippen molar-refractivity contribution in [2.45, 2.75) is 33.2 Å². The van der Waals surface area contributed by atoms with Crippen molar-refractivity contribution in [2.75, 3.05) is 0 Å². The minimum Gasteiger partial charge on any atom is -0.467 e. The summed E-state index contributed by atoms with van der Waals surface area (Å²) in [4.78, 5) is 17.4. The molecule has 4 nitrogen and oxygen atoms in total. The molecular weight excluding hydrogens is 248 g/mol. The van der Waals surface area contributed by atoms with Gasteiger partial charge in [0.2, 0.25) is 5.91 Å². The highest BCUT2D eigenvalue weighted by Gasteiger charge is 2.10. The second-order valence-electron chi connectivity index (χ2n) is 4.00. The fourth-order valence-electron chi connectivity index (χ4n) is 1.69. The number of aryl methyl sites for hydroxylation is 2. The first-order valence-electron chi connectivity index (χ1n) is 5.93. The van der Waals surface area contributed by atoms with Gasteiger partial charge >= 0.3 is 0 Å². The molecule has 0 radical (unpaired) electrons. The van der Waals surface area contributed by atoms with E-state index in [1.165, 1.54) is 4.88 Å². The number of nitrogens with zero attached hydrogens (tertiary/aromatic N) is 1. The molecular formula is C13H16N2O2S. The lowest BCUT2D eigenvalue weighted by molar-refractivity contribution is -0.120. The average molecular weight is 264 g/mol. The van der Waals surface area contributed by atoms with Crippen molar-refractivity contribution >= 4 is 17.2 Å². The van der Waals surface area contributed by atoms with Crippen molar-refractivity contribution in [3.8, 4) is 0 Å². The van der Waals surface area contributed by atoms with Gasteiger partial charge in [-0.15, -0.1) is 11.3 Å². The highest BCUT2D eigenvalue weighted by atomic mass is 32.1. The maximum Gasteiger partial charge on any atom is 0.227 e. The smallest absolute Gasteiger partial charge is 0.227 e. The first-order chi connectivity index (χ1) is 8.69. The number of rotatable bonds is 5. The van der Waals surface area contributed by atoms with Crippen molar-refractivity contribution in [3.63, 3.8) is 0 Å². The molecule has 0 unspecified atom stereocenters. The van der Waals surface area contributed by atoms with Gasteiger partial charge in [0.15, 0.2) is 0 Å². The van der Waals surface area contributed by atoms with Crippen LogP contribution in [0.15, 0.2) is 22.8 Å². The van der Waals surface area contributed by atoms with E-state index >= 15 is 0 Å². The number of furan rings is 1. The molecule has 0 spiro atoms. The van der Waals surface area contributed by atoms with Gasteiger partial charge in [0.05, 0.1) is 24.9 Å². The van der Waals surface area contributed by atoms with Crippen molar-refractivity contribution < 1.29 is 9.21 Å². The molecule has 2 aromatic heterocycles. The molecule has 0 fully saturated rings. The third-order valence-corrected chi connectivity index (χ3v) is 3.64. The van der Waals surface area contributed by atoms with Gasteiger partial charge in [-0.2, -0.15) is 0 Å². The monoisotopic (exact) mass is 264 g/mol. The van der Waals surface area contributed by atoms with Crippen molar-refractivity contribution in [1.29, 1.82) is 0 Å². The summed E-state index contributed by atoms with van der Waals surface area (Å²) in [6, 6.07) is 3.64. The molecule has 5 heteroatoms. The van der Waals surface area contributed by atoms with E-state index in [0.717, 1.165) is 22.9 Å². The van der Waals surface area contributed by atoms with Crippen LogP contribution in [-0.2, 0) is 24.2 Å². The zero-order valence-corrected chi connectivity index (χ0v) is 11.3. The SMILES string of the molecule is CCc1nc(CC(=O)NCc2ccco2)sc1C. The predicted molar refractivity (Wildman–Crippen MR) is 70.5 cm³/mol. The summed E-state index contributed by atoms with van der Waals surface area (Å²) in [5.74, 6) is 0.732. The number of thiazole rings is 1. The molecule has 18 heavy (non-hydrogen) atoms. The number of aromatic nitrogens is 1. The van der Waals surface area contributed by atoms with Crippen LogP contribution in [0.25, 0.3) is 0 Å². The summed E-state index contributed by atoms with van der Waals surface area (Å²) >= 11 is 1.60. The van der Waals surface area contributed by atoms with Crippen molar-refractivity contribution in [1.82, 2.24) is 10.3 Å². The van der Waals surface area contributed by atoms with Gasteiger partial charge < -0.3 is 9.73 Å². The Bertz CT molecular complexity index is 517. The highest BCUT2D eigenvalue weighted by molar-refractivity contribution is 7.11. The Morgan fingerprint density at radius 1 is 1.56 bits per heavy atom. The summed E-state index contributed by atoms with van der Waals surface area (Å²) in [6.45, 7) is 4.54. The minimum absolute atomic E-state index is 0.0252. The molecule has 1 amide bonds. The molecule has 0 aliphatic carbocycles. The number of hydrogen-bond donors (Lipinski definition) is 1. The van der Waals surface area contributed by atoms with E-state index in [9.17, 15) is 4.79 Å². The summed E-state index contributed by atoms with van der Waals surface area (Å²) in [6.07, 6.45) is 2.85. The van der Waals surface area contributed by atoms with Gasteiger partial charge in [0.25, 0.3) is 0 Å². The Hall–Kier alpha value is -1.62. The Morgan fingerprint density at radius 2 is 2.39 bits per heavy atom. The molecule has 2 aromatic rings.